The number of ether oxygens (including phenoxy) is 1. The molecule has 1 N–H and O–H groups in total. The molecule has 0 saturated carbocycles. The summed E-state index contributed by atoms with van der Waals surface area (Å²) < 4.78 is 5.06. The Morgan fingerprint density at radius 2 is 1.92 bits per heavy atom. The Hall–Kier alpha value is -0.280. The Balaban J connectivity index is 0.00000144. The van der Waals surface area contributed by atoms with E-state index in [9.17, 15) is 4.79 Å². The van der Waals surface area contributed by atoms with Gasteiger partial charge in [0.25, 0.3) is 6.47 Å². The first kappa shape index (κ1) is 12.7. The minimum atomic E-state index is -0.288. The lowest BCUT2D eigenvalue weighted by Gasteiger charge is -2.35. The van der Waals surface area contributed by atoms with Crippen LogP contribution < -0.4 is 5.32 Å². The van der Waals surface area contributed by atoms with Gasteiger partial charge in [-0.2, -0.15) is 0 Å². The largest absolute Gasteiger partial charge is 0.462 e. The van der Waals surface area contributed by atoms with Gasteiger partial charge < -0.3 is 10.1 Å². The van der Waals surface area contributed by atoms with E-state index in [4.69, 9.17) is 4.74 Å². The van der Waals surface area contributed by atoms with Crippen LogP contribution in [0.25, 0.3) is 0 Å². The molecule has 1 fully saturated rings. The minimum Gasteiger partial charge on any atom is -0.462 e. The molecule has 3 nitrogen and oxygen atoms in total. The summed E-state index contributed by atoms with van der Waals surface area (Å²) in [6, 6.07) is 0. The summed E-state index contributed by atoms with van der Waals surface area (Å²) in [6.45, 7) is 6.60. The van der Waals surface area contributed by atoms with Gasteiger partial charge in [-0.3, -0.25) is 4.79 Å². The summed E-state index contributed by atoms with van der Waals surface area (Å²) in [5.74, 6) is 0.504. The maximum Gasteiger partial charge on any atom is 0.293 e. The second-order valence-corrected chi connectivity index (χ2v) is 3.84. The van der Waals surface area contributed by atoms with E-state index in [0.717, 1.165) is 25.9 Å². The average Bonchev–Trinajstić information content (AvgIpc) is 2.06. The number of halogens is 1. The van der Waals surface area contributed by atoms with Gasteiger partial charge in [-0.05, 0) is 39.8 Å². The average molecular weight is 208 g/mol. The van der Waals surface area contributed by atoms with Crippen LogP contribution in [0, 0.1) is 5.92 Å². The first-order valence-electron chi connectivity index (χ1n) is 4.49. The van der Waals surface area contributed by atoms with Crippen molar-refractivity contribution in [2.24, 2.45) is 5.92 Å². The zero-order chi connectivity index (χ0) is 9.03. The molecule has 0 aromatic rings. The van der Waals surface area contributed by atoms with Crippen molar-refractivity contribution in [3.8, 4) is 0 Å². The molecular weight excluding hydrogens is 190 g/mol. The standard InChI is InChI=1S/C9H17NO2.ClH/c1-9(2,12-7-11)8-3-5-10-6-4-8;/h7-8,10H,3-6H2,1-2H3;1H. The summed E-state index contributed by atoms with van der Waals surface area (Å²) in [4.78, 5) is 10.2. The fraction of sp³-hybridized carbons (Fsp3) is 0.889. The normalized spacial score (nSPS) is 18.9. The van der Waals surface area contributed by atoms with Crippen molar-refractivity contribution in [1.29, 1.82) is 0 Å². The van der Waals surface area contributed by atoms with Crippen molar-refractivity contribution >= 4 is 18.9 Å². The lowest BCUT2D eigenvalue weighted by molar-refractivity contribution is -0.146. The number of nitrogens with one attached hydrogen (secondary N) is 1. The summed E-state index contributed by atoms with van der Waals surface area (Å²) in [6.07, 6.45) is 2.20. The van der Waals surface area contributed by atoms with Crippen LogP contribution >= 0.6 is 12.4 Å². The lowest BCUT2D eigenvalue weighted by Crippen LogP contribution is -2.41. The van der Waals surface area contributed by atoms with Crippen molar-refractivity contribution < 1.29 is 9.53 Å². The predicted octanol–water partition coefficient (Wildman–Crippen LogP) is 1.36. The van der Waals surface area contributed by atoms with E-state index in [1.54, 1.807) is 0 Å². The van der Waals surface area contributed by atoms with Crippen LogP contribution in [0.2, 0.25) is 0 Å². The zero-order valence-electron chi connectivity index (χ0n) is 8.21. The van der Waals surface area contributed by atoms with Gasteiger partial charge in [-0.1, -0.05) is 0 Å². The third kappa shape index (κ3) is 3.53. The molecule has 1 saturated heterocycles. The van der Waals surface area contributed by atoms with E-state index in [1.807, 2.05) is 13.8 Å². The second-order valence-electron chi connectivity index (χ2n) is 3.84. The van der Waals surface area contributed by atoms with Crippen molar-refractivity contribution in [2.45, 2.75) is 32.3 Å². The molecule has 4 heteroatoms. The number of piperidine rings is 1. The molecule has 0 aromatic carbocycles. The van der Waals surface area contributed by atoms with E-state index in [-0.39, 0.29) is 18.0 Å². The molecule has 0 aromatic heterocycles. The Morgan fingerprint density at radius 3 is 2.38 bits per heavy atom. The fourth-order valence-corrected chi connectivity index (χ4v) is 1.74. The van der Waals surface area contributed by atoms with E-state index < -0.39 is 0 Å². The molecule has 1 aliphatic heterocycles. The van der Waals surface area contributed by atoms with Gasteiger partial charge in [0.1, 0.15) is 5.60 Å². The Labute approximate surface area is 85.6 Å². The quantitative estimate of drug-likeness (QED) is 0.711. The van der Waals surface area contributed by atoms with Gasteiger partial charge in [0.15, 0.2) is 0 Å². The van der Waals surface area contributed by atoms with E-state index in [2.05, 4.69) is 5.32 Å². The second kappa shape index (κ2) is 5.45. The van der Waals surface area contributed by atoms with E-state index in [0.29, 0.717) is 12.4 Å². The van der Waals surface area contributed by atoms with Crippen LogP contribution in [0.5, 0.6) is 0 Å². The van der Waals surface area contributed by atoms with E-state index >= 15 is 0 Å². The van der Waals surface area contributed by atoms with Crippen molar-refractivity contribution in [1.82, 2.24) is 5.32 Å². The van der Waals surface area contributed by atoms with Gasteiger partial charge in [0, 0.05) is 5.92 Å². The van der Waals surface area contributed by atoms with Crippen LogP contribution in [0.1, 0.15) is 26.7 Å². The molecule has 0 bridgehead atoms. The Kier molecular flexibility index (Phi) is 5.33. The molecule has 1 heterocycles. The molecule has 0 amide bonds. The molecule has 13 heavy (non-hydrogen) atoms. The first-order chi connectivity index (χ1) is 5.67. The highest BCUT2D eigenvalue weighted by Crippen LogP contribution is 2.27. The summed E-state index contributed by atoms with van der Waals surface area (Å²) in [5, 5.41) is 3.29. The molecule has 0 atom stereocenters. The van der Waals surface area contributed by atoms with Crippen molar-refractivity contribution in [3.63, 3.8) is 0 Å². The highest BCUT2D eigenvalue weighted by atomic mass is 35.5. The predicted molar refractivity (Wildman–Crippen MR) is 54.1 cm³/mol. The van der Waals surface area contributed by atoms with Gasteiger partial charge in [0.05, 0.1) is 0 Å². The number of hydrogen-bond acceptors (Lipinski definition) is 3. The van der Waals surface area contributed by atoms with Gasteiger partial charge in [-0.25, -0.2) is 0 Å². The maximum atomic E-state index is 10.2. The highest BCUT2D eigenvalue weighted by Gasteiger charge is 2.31. The SMILES string of the molecule is CC(C)(OC=O)C1CCNCC1.Cl. The zero-order valence-corrected chi connectivity index (χ0v) is 9.02. The summed E-state index contributed by atoms with van der Waals surface area (Å²) in [5.41, 5.74) is -0.288. The van der Waals surface area contributed by atoms with Crippen LogP contribution in [0.15, 0.2) is 0 Å². The highest BCUT2D eigenvalue weighted by molar-refractivity contribution is 5.85. The minimum absolute atomic E-state index is 0. The smallest absolute Gasteiger partial charge is 0.293 e. The van der Waals surface area contributed by atoms with Gasteiger partial charge in [0.2, 0.25) is 0 Å². The fourth-order valence-electron chi connectivity index (χ4n) is 1.74. The third-order valence-corrected chi connectivity index (χ3v) is 2.67. The molecule has 0 aliphatic carbocycles. The molecule has 0 radical (unpaired) electrons. The van der Waals surface area contributed by atoms with Crippen molar-refractivity contribution in [3.05, 3.63) is 0 Å². The molecule has 78 valence electrons. The maximum absolute atomic E-state index is 10.2. The van der Waals surface area contributed by atoms with Crippen LogP contribution in [-0.4, -0.2) is 25.2 Å². The van der Waals surface area contributed by atoms with Gasteiger partial charge in [-0.15, -0.1) is 12.4 Å². The number of hydrogen-bond donors (Lipinski definition) is 1. The van der Waals surface area contributed by atoms with Crippen LogP contribution in [0.3, 0.4) is 0 Å². The van der Waals surface area contributed by atoms with Crippen LogP contribution in [-0.2, 0) is 9.53 Å². The molecule has 0 unspecified atom stereocenters. The Morgan fingerprint density at radius 1 is 1.38 bits per heavy atom. The van der Waals surface area contributed by atoms with Crippen molar-refractivity contribution in [2.75, 3.05) is 13.1 Å². The molecular formula is C9H18ClNO2. The molecule has 1 aliphatic rings. The third-order valence-electron chi connectivity index (χ3n) is 2.67. The Bertz CT molecular complexity index is 156. The number of carbonyl (C=O) groups excluding carboxylic acids is 1. The monoisotopic (exact) mass is 207 g/mol. The number of carbonyl (C=O) groups is 1. The lowest BCUT2D eigenvalue weighted by atomic mass is 9.83. The number of rotatable bonds is 3. The summed E-state index contributed by atoms with van der Waals surface area (Å²) >= 11 is 0. The van der Waals surface area contributed by atoms with E-state index in [1.165, 1.54) is 0 Å². The topological polar surface area (TPSA) is 38.3 Å². The summed E-state index contributed by atoms with van der Waals surface area (Å²) in [7, 11) is 0. The molecule has 1 rings (SSSR count). The van der Waals surface area contributed by atoms with Crippen LogP contribution in [0.4, 0.5) is 0 Å². The first-order valence-corrected chi connectivity index (χ1v) is 4.49. The van der Waals surface area contributed by atoms with Gasteiger partial charge >= 0.3 is 0 Å². The molecule has 0 spiro atoms.